The van der Waals surface area contributed by atoms with Crippen molar-refractivity contribution < 1.29 is 13.9 Å². The molecule has 0 radical (unpaired) electrons. The average Bonchev–Trinajstić information content (AvgIpc) is 2.99. The second kappa shape index (κ2) is 6.82. The molecular formula is C22H24N2O3. The molecule has 0 unspecified atom stereocenters. The average molecular weight is 364 g/mol. The highest BCUT2D eigenvalue weighted by molar-refractivity contribution is 5.93. The molecule has 1 heterocycles. The molecule has 1 aliphatic rings. The van der Waals surface area contributed by atoms with Crippen LogP contribution in [0.5, 0.6) is 0 Å². The summed E-state index contributed by atoms with van der Waals surface area (Å²) in [7, 11) is 4.10. The predicted octanol–water partition coefficient (Wildman–Crippen LogP) is 4.36. The van der Waals surface area contributed by atoms with Gasteiger partial charge in [0.1, 0.15) is 11.6 Å². The van der Waals surface area contributed by atoms with E-state index in [2.05, 4.69) is 29.8 Å². The first-order chi connectivity index (χ1) is 12.9. The van der Waals surface area contributed by atoms with E-state index in [4.69, 9.17) is 9.15 Å². The number of benzene rings is 2. The highest BCUT2D eigenvalue weighted by atomic mass is 16.5. The molecule has 2 aromatic carbocycles. The number of esters is 1. The quantitative estimate of drug-likeness (QED) is 0.644. The lowest BCUT2D eigenvalue weighted by Crippen LogP contribution is -2.45. The van der Waals surface area contributed by atoms with E-state index in [1.165, 1.54) is 0 Å². The molecule has 0 amide bonds. The van der Waals surface area contributed by atoms with Crippen molar-refractivity contribution in [2.75, 3.05) is 14.1 Å². The Kier molecular flexibility index (Phi) is 4.48. The van der Waals surface area contributed by atoms with Gasteiger partial charge in [0, 0.05) is 24.4 Å². The zero-order chi connectivity index (χ0) is 19.1. The summed E-state index contributed by atoms with van der Waals surface area (Å²) in [6.07, 6.45) is 1.78. The number of hydrogen-bond acceptors (Lipinski definition) is 5. The summed E-state index contributed by atoms with van der Waals surface area (Å²) in [6.45, 7) is 4.10. The summed E-state index contributed by atoms with van der Waals surface area (Å²) in [5.74, 6) is 0.263. The summed E-state index contributed by atoms with van der Waals surface area (Å²) in [5, 5.41) is 0. The van der Waals surface area contributed by atoms with Crippen molar-refractivity contribution in [1.29, 1.82) is 0 Å². The van der Waals surface area contributed by atoms with Crippen LogP contribution < -0.4 is 0 Å². The molecule has 0 spiro atoms. The summed E-state index contributed by atoms with van der Waals surface area (Å²) in [4.78, 5) is 19.2. The Morgan fingerprint density at radius 1 is 1.11 bits per heavy atom. The van der Waals surface area contributed by atoms with Crippen molar-refractivity contribution in [2.45, 2.75) is 38.8 Å². The summed E-state index contributed by atoms with van der Waals surface area (Å²) in [6, 6.07) is 12.0. The molecule has 27 heavy (non-hydrogen) atoms. The van der Waals surface area contributed by atoms with Crippen LogP contribution in [0.1, 0.15) is 34.3 Å². The first kappa shape index (κ1) is 17.7. The number of nitrogens with zero attached hydrogens (tertiary/aromatic N) is 2. The molecule has 0 atom stereocenters. The van der Waals surface area contributed by atoms with Gasteiger partial charge in [0.05, 0.1) is 5.56 Å². The van der Waals surface area contributed by atoms with Gasteiger partial charge < -0.3 is 14.1 Å². The Morgan fingerprint density at radius 3 is 2.48 bits per heavy atom. The number of rotatable bonds is 4. The molecule has 5 heteroatoms. The zero-order valence-electron chi connectivity index (χ0n) is 16.2. The Morgan fingerprint density at radius 2 is 1.81 bits per heavy atom. The van der Waals surface area contributed by atoms with Crippen LogP contribution in [-0.2, 0) is 4.74 Å². The van der Waals surface area contributed by atoms with Gasteiger partial charge >= 0.3 is 5.97 Å². The fourth-order valence-electron chi connectivity index (χ4n) is 3.55. The molecule has 3 aromatic rings. The molecule has 0 aliphatic heterocycles. The van der Waals surface area contributed by atoms with Crippen molar-refractivity contribution in [2.24, 2.45) is 0 Å². The number of fused-ring (bicyclic) bond motifs is 1. The fourth-order valence-corrected chi connectivity index (χ4v) is 3.55. The monoisotopic (exact) mass is 364 g/mol. The molecular weight excluding hydrogens is 340 g/mol. The molecule has 0 saturated heterocycles. The van der Waals surface area contributed by atoms with Gasteiger partial charge in [-0.1, -0.05) is 17.2 Å². The molecule has 5 nitrogen and oxygen atoms in total. The van der Waals surface area contributed by atoms with Crippen LogP contribution in [-0.4, -0.2) is 42.1 Å². The zero-order valence-corrected chi connectivity index (χ0v) is 16.2. The van der Waals surface area contributed by atoms with Crippen LogP contribution in [0.3, 0.4) is 0 Å². The van der Waals surface area contributed by atoms with Crippen molar-refractivity contribution in [1.82, 2.24) is 9.88 Å². The standard InChI is InChI=1S/C22H24N2O3/c1-13-7-14(2)9-16(8-13)21-23-19-6-5-15(10-20(19)27-21)22(25)26-18-11-17(12-18)24(3)4/h5-10,17-18H,11-12H2,1-4H3. The Bertz CT molecular complexity index is 980. The number of aromatic nitrogens is 1. The second-order valence-corrected chi connectivity index (χ2v) is 7.69. The maximum atomic E-state index is 12.4. The van der Waals surface area contributed by atoms with Gasteiger partial charge in [0.15, 0.2) is 5.58 Å². The first-order valence-corrected chi connectivity index (χ1v) is 9.26. The number of oxazole rings is 1. The van der Waals surface area contributed by atoms with E-state index >= 15 is 0 Å². The largest absolute Gasteiger partial charge is 0.459 e. The van der Waals surface area contributed by atoms with Gasteiger partial charge in [0.25, 0.3) is 0 Å². The minimum absolute atomic E-state index is 0.00107. The van der Waals surface area contributed by atoms with Gasteiger partial charge in [-0.15, -0.1) is 0 Å². The lowest BCUT2D eigenvalue weighted by molar-refractivity contribution is -0.0190. The smallest absolute Gasteiger partial charge is 0.338 e. The molecule has 1 aliphatic carbocycles. The third-order valence-corrected chi connectivity index (χ3v) is 5.17. The van der Waals surface area contributed by atoms with E-state index in [-0.39, 0.29) is 12.1 Å². The summed E-state index contributed by atoms with van der Waals surface area (Å²) >= 11 is 0. The number of ether oxygens (including phenoxy) is 1. The highest BCUT2D eigenvalue weighted by Gasteiger charge is 2.33. The van der Waals surface area contributed by atoms with Gasteiger partial charge in [-0.05, 0) is 58.3 Å². The van der Waals surface area contributed by atoms with Crippen LogP contribution >= 0.6 is 0 Å². The Hall–Kier alpha value is -2.66. The van der Waals surface area contributed by atoms with Crippen molar-refractivity contribution in [3.63, 3.8) is 0 Å². The minimum Gasteiger partial charge on any atom is -0.459 e. The van der Waals surface area contributed by atoms with Crippen molar-refractivity contribution >= 4 is 17.1 Å². The van der Waals surface area contributed by atoms with E-state index < -0.39 is 0 Å². The molecule has 0 bridgehead atoms. The van der Waals surface area contributed by atoms with Crippen LogP contribution in [0.4, 0.5) is 0 Å². The lowest BCUT2D eigenvalue weighted by Gasteiger charge is -2.38. The third-order valence-electron chi connectivity index (χ3n) is 5.17. The van der Waals surface area contributed by atoms with Gasteiger partial charge in [0.2, 0.25) is 5.89 Å². The molecule has 1 fully saturated rings. The van der Waals surface area contributed by atoms with Crippen LogP contribution in [0.25, 0.3) is 22.6 Å². The van der Waals surface area contributed by atoms with Gasteiger partial charge in [-0.3, -0.25) is 0 Å². The highest BCUT2D eigenvalue weighted by Crippen LogP contribution is 2.29. The topological polar surface area (TPSA) is 55.6 Å². The summed E-state index contributed by atoms with van der Waals surface area (Å²) in [5.41, 5.74) is 5.09. The van der Waals surface area contributed by atoms with Gasteiger partial charge in [-0.2, -0.15) is 0 Å². The first-order valence-electron chi connectivity index (χ1n) is 9.26. The molecule has 4 rings (SSSR count). The molecule has 0 N–H and O–H groups in total. The maximum absolute atomic E-state index is 12.4. The Labute approximate surface area is 158 Å². The van der Waals surface area contributed by atoms with Crippen LogP contribution in [0, 0.1) is 13.8 Å². The van der Waals surface area contributed by atoms with E-state index in [1.54, 1.807) is 12.1 Å². The molecule has 1 saturated carbocycles. The van der Waals surface area contributed by atoms with E-state index in [0.717, 1.165) is 35.0 Å². The van der Waals surface area contributed by atoms with E-state index in [1.807, 2.05) is 32.3 Å². The number of aryl methyl sites for hydroxylation is 2. The predicted molar refractivity (Wildman–Crippen MR) is 105 cm³/mol. The van der Waals surface area contributed by atoms with Crippen LogP contribution in [0.15, 0.2) is 40.8 Å². The summed E-state index contributed by atoms with van der Waals surface area (Å²) < 4.78 is 11.5. The molecule has 1 aromatic heterocycles. The van der Waals surface area contributed by atoms with Crippen molar-refractivity contribution in [3.05, 3.63) is 53.1 Å². The lowest BCUT2D eigenvalue weighted by atomic mass is 9.88. The maximum Gasteiger partial charge on any atom is 0.338 e. The normalized spacial score (nSPS) is 19.3. The van der Waals surface area contributed by atoms with Gasteiger partial charge in [-0.25, -0.2) is 9.78 Å². The SMILES string of the molecule is Cc1cc(C)cc(-c2nc3ccc(C(=O)OC4CC(N(C)C)C4)cc3o2)c1. The van der Waals surface area contributed by atoms with Crippen LogP contribution in [0.2, 0.25) is 0 Å². The number of carbonyl (C=O) groups is 1. The third kappa shape index (κ3) is 3.60. The fraction of sp³-hybridized carbons (Fsp3) is 0.364. The van der Waals surface area contributed by atoms with E-state index in [9.17, 15) is 4.79 Å². The minimum atomic E-state index is -0.302. The van der Waals surface area contributed by atoms with Crippen molar-refractivity contribution in [3.8, 4) is 11.5 Å². The number of carbonyl (C=O) groups excluding carboxylic acids is 1. The number of hydrogen-bond donors (Lipinski definition) is 0. The van der Waals surface area contributed by atoms with E-state index in [0.29, 0.717) is 23.1 Å². The second-order valence-electron chi connectivity index (χ2n) is 7.69. The molecule has 140 valence electrons. The Balaban J connectivity index is 1.53.